The van der Waals surface area contributed by atoms with Crippen molar-refractivity contribution in [1.82, 2.24) is 4.90 Å². The van der Waals surface area contributed by atoms with E-state index in [2.05, 4.69) is 18.0 Å². The van der Waals surface area contributed by atoms with Gasteiger partial charge in [0.2, 0.25) is 0 Å². The number of likely N-dealkylation sites (N-methyl/N-ethyl adjacent to an activating group) is 1. The van der Waals surface area contributed by atoms with Gasteiger partial charge in [0.05, 0.1) is 0 Å². The van der Waals surface area contributed by atoms with Crippen LogP contribution >= 0.6 is 0 Å². The van der Waals surface area contributed by atoms with E-state index in [4.69, 9.17) is 4.74 Å². The van der Waals surface area contributed by atoms with E-state index < -0.39 is 0 Å². The van der Waals surface area contributed by atoms with Crippen LogP contribution in [0.5, 0.6) is 5.75 Å². The normalized spacial score (nSPS) is 22.5. The molecule has 2 rings (SSSR count). The van der Waals surface area contributed by atoms with Crippen molar-refractivity contribution in [2.75, 3.05) is 20.2 Å². The molecule has 0 bridgehead atoms. The van der Waals surface area contributed by atoms with Crippen molar-refractivity contribution in [3.63, 3.8) is 0 Å². The molecule has 0 spiro atoms. The zero-order valence-corrected chi connectivity index (χ0v) is 8.57. The lowest BCUT2D eigenvalue weighted by atomic mass is 10.2. The second-order valence-electron chi connectivity index (χ2n) is 3.83. The molecule has 1 aromatic carbocycles. The average molecular weight is 190 g/mol. The highest BCUT2D eigenvalue weighted by Gasteiger charge is 2.20. The van der Waals surface area contributed by atoms with Crippen molar-refractivity contribution in [3.8, 4) is 5.75 Å². The molecule has 1 heterocycles. The molecule has 75 valence electrons. The molecule has 0 N–H and O–H groups in total. The van der Waals surface area contributed by atoms with Crippen molar-refractivity contribution in [3.05, 3.63) is 30.3 Å². The number of benzene rings is 1. The minimum Gasteiger partial charge on any atom is -0.492 e. The molecule has 1 aliphatic rings. The van der Waals surface area contributed by atoms with E-state index in [-0.39, 0.29) is 0 Å². The molecule has 0 aromatic heterocycles. The Morgan fingerprint density at radius 2 is 2.57 bits per heavy atom. The smallest absolute Gasteiger partial charge is 0.119 e. The number of rotatable bonds is 3. The highest BCUT2D eigenvalue weighted by atomic mass is 16.5. The summed E-state index contributed by atoms with van der Waals surface area (Å²) >= 11 is 0. The van der Waals surface area contributed by atoms with Gasteiger partial charge < -0.3 is 9.64 Å². The third-order valence-electron chi connectivity index (χ3n) is 2.79. The van der Waals surface area contributed by atoms with E-state index >= 15 is 0 Å². The fourth-order valence-corrected chi connectivity index (χ4v) is 1.85. The van der Waals surface area contributed by atoms with Crippen LogP contribution in [-0.2, 0) is 0 Å². The van der Waals surface area contributed by atoms with E-state index in [0.717, 1.165) is 12.4 Å². The molecule has 0 aliphatic carbocycles. The van der Waals surface area contributed by atoms with Crippen molar-refractivity contribution < 1.29 is 4.74 Å². The predicted molar refractivity (Wildman–Crippen MR) is 56.4 cm³/mol. The third-order valence-corrected chi connectivity index (χ3v) is 2.79. The van der Waals surface area contributed by atoms with Gasteiger partial charge in [-0.1, -0.05) is 12.1 Å². The van der Waals surface area contributed by atoms with Gasteiger partial charge in [0.25, 0.3) is 0 Å². The number of hydrogen-bond donors (Lipinski definition) is 0. The monoisotopic (exact) mass is 190 g/mol. The summed E-state index contributed by atoms with van der Waals surface area (Å²) in [5.74, 6) is 0.924. The van der Waals surface area contributed by atoms with Gasteiger partial charge >= 0.3 is 0 Å². The number of hydrogen-bond acceptors (Lipinski definition) is 2. The van der Waals surface area contributed by atoms with Gasteiger partial charge in [-0.2, -0.15) is 0 Å². The Labute approximate surface area is 85.5 Å². The zero-order valence-electron chi connectivity index (χ0n) is 8.57. The average Bonchev–Trinajstić information content (AvgIpc) is 2.63. The molecule has 1 aliphatic heterocycles. The molecular formula is C12H16NO. The first-order valence-electron chi connectivity index (χ1n) is 5.15. The Kier molecular flexibility index (Phi) is 3.04. The first-order valence-corrected chi connectivity index (χ1v) is 5.15. The molecule has 1 fully saturated rings. The second kappa shape index (κ2) is 4.47. The van der Waals surface area contributed by atoms with Crippen molar-refractivity contribution in [1.29, 1.82) is 0 Å². The van der Waals surface area contributed by atoms with Gasteiger partial charge in [-0.05, 0) is 44.6 Å². The van der Waals surface area contributed by atoms with E-state index in [1.54, 1.807) is 0 Å². The summed E-state index contributed by atoms with van der Waals surface area (Å²) in [6, 6.07) is 11.3. The zero-order chi connectivity index (χ0) is 9.80. The third kappa shape index (κ3) is 2.26. The minimum absolute atomic E-state index is 0.593. The molecule has 1 saturated heterocycles. The van der Waals surface area contributed by atoms with Gasteiger partial charge in [-0.15, -0.1) is 0 Å². The maximum atomic E-state index is 5.69. The maximum absolute atomic E-state index is 5.69. The highest BCUT2D eigenvalue weighted by Crippen LogP contribution is 2.16. The fraction of sp³-hybridized carbons (Fsp3) is 0.500. The summed E-state index contributed by atoms with van der Waals surface area (Å²) in [7, 11) is 2.16. The minimum atomic E-state index is 0.593. The van der Waals surface area contributed by atoms with Crippen LogP contribution in [0.15, 0.2) is 24.3 Å². The Morgan fingerprint density at radius 1 is 1.64 bits per heavy atom. The Bertz CT molecular complexity index is 273. The van der Waals surface area contributed by atoms with Crippen molar-refractivity contribution in [2.45, 2.75) is 18.9 Å². The van der Waals surface area contributed by atoms with E-state index in [0.29, 0.717) is 6.04 Å². The molecule has 2 heteroatoms. The van der Waals surface area contributed by atoms with Crippen LogP contribution in [-0.4, -0.2) is 31.1 Å². The first kappa shape index (κ1) is 9.53. The maximum Gasteiger partial charge on any atom is 0.119 e. The van der Waals surface area contributed by atoms with Gasteiger partial charge in [0, 0.05) is 6.04 Å². The van der Waals surface area contributed by atoms with Crippen LogP contribution < -0.4 is 4.74 Å². The lowest BCUT2D eigenvalue weighted by Crippen LogP contribution is -2.30. The van der Waals surface area contributed by atoms with Crippen LogP contribution in [0.25, 0.3) is 0 Å². The summed E-state index contributed by atoms with van der Waals surface area (Å²) in [6.45, 7) is 2.00. The summed E-state index contributed by atoms with van der Waals surface area (Å²) in [6.07, 6.45) is 2.55. The number of ether oxygens (including phenoxy) is 1. The summed E-state index contributed by atoms with van der Waals surface area (Å²) < 4.78 is 5.69. The molecule has 0 saturated carbocycles. The largest absolute Gasteiger partial charge is 0.492 e. The Morgan fingerprint density at radius 3 is 3.21 bits per heavy atom. The fourth-order valence-electron chi connectivity index (χ4n) is 1.85. The van der Waals surface area contributed by atoms with Gasteiger partial charge in [0.15, 0.2) is 0 Å². The molecule has 1 atom stereocenters. The topological polar surface area (TPSA) is 12.5 Å². The molecule has 1 radical (unpaired) electrons. The van der Waals surface area contributed by atoms with Gasteiger partial charge in [-0.3, -0.25) is 0 Å². The SMILES string of the molecule is CN1CCC[C@H]1COc1c[c]ccc1. The molecule has 0 unspecified atom stereocenters. The van der Waals surface area contributed by atoms with Crippen LogP contribution in [0.4, 0.5) is 0 Å². The highest BCUT2D eigenvalue weighted by molar-refractivity contribution is 5.20. The van der Waals surface area contributed by atoms with E-state index in [9.17, 15) is 0 Å². The summed E-state index contributed by atoms with van der Waals surface area (Å²) in [5, 5.41) is 0. The molecule has 1 aromatic rings. The quantitative estimate of drug-likeness (QED) is 0.722. The molecule has 2 nitrogen and oxygen atoms in total. The number of likely N-dealkylation sites (tertiary alicyclic amines) is 1. The van der Waals surface area contributed by atoms with Crippen LogP contribution in [0.2, 0.25) is 0 Å². The number of nitrogens with zero attached hydrogens (tertiary/aromatic N) is 1. The predicted octanol–water partition coefficient (Wildman–Crippen LogP) is 1.96. The standard InChI is InChI=1S/C12H16NO/c1-13-9-5-6-11(13)10-14-12-7-3-2-4-8-12/h2-3,7-8,11H,5-6,9-10H2,1H3/t11-/m0/s1. The lowest BCUT2D eigenvalue weighted by molar-refractivity contribution is 0.198. The molecule has 14 heavy (non-hydrogen) atoms. The Balaban J connectivity index is 1.82. The summed E-state index contributed by atoms with van der Waals surface area (Å²) in [4.78, 5) is 2.37. The van der Waals surface area contributed by atoms with Crippen LogP contribution in [0, 0.1) is 6.07 Å². The molecule has 0 amide bonds. The second-order valence-corrected chi connectivity index (χ2v) is 3.83. The first-order chi connectivity index (χ1) is 6.86. The summed E-state index contributed by atoms with van der Waals surface area (Å²) in [5.41, 5.74) is 0. The molecular weight excluding hydrogens is 174 g/mol. The van der Waals surface area contributed by atoms with Crippen LogP contribution in [0.1, 0.15) is 12.8 Å². The van der Waals surface area contributed by atoms with Gasteiger partial charge in [0.1, 0.15) is 12.4 Å². The Hall–Kier alpha value is -1.02. The van der Waals surface area contributed by atoms with E-state index in [1.807, 2.05) is 24.3 Å². The van der Waals surface area contributed by atoms with Crippen molar-refractivity contribution in [2.24, 2.45) is 0 Å². The van der Waals surface area contributed by atoms with E-state index in [1.165, 1.54) is 19.4 Å². The van der Waals surface area contributed by atoms with Gasteiger partial charge in [-0.25, -0.2) is 0 Å². The van der Waals surface area contributed by atoms with Crippen molar-refractivity contribution >= 4 is 0 Å². The van der Waals surface area contributed by atoms with Crippen LogP contribution in [0.3, 0.4) is 0 Å². The lowest BCUT2D eigenvalue weighted by Gasteiger charge is -2.19.